The molecule has 1 aliphatic carbocycles. The van der Waals surface area contributed by atoms with E-state index in [1.54, 1.807) is 30.3 Å². The van der Waals surface area contributed by atoms with Crippen LogP contribution in [0.25, 0.3) is 11.1 Å². The first-order valence-electron chi connectivity index (χ1n) is 7.58. The van der Waals surface area contributed by atoms with Gasteiger partial charge in [-0.15, -0.1) is 0 Å². The fourth-order valence-corrected chi connectivity index (χ4v) is 2.59. The lowest BCUT2D eigenvalue weighted by Gasteiger charge is -2.18. The average Bonchev–Trinajstić information content (AvgIpc) is 2.79. The summed E-state index contributed by atoms with van der Waals surface area (Å²) in [4.78, 5) is 24.7. The summed E-state index contributed by atoms with van der Waals surface area (Å²) < 4.78 is 4.91. The Hall–Kier alpha value is -2.60. The molecule has 1 aliphatic rings. The summed E-state index contributed by atoms with van der Waals surface area (Å²) in [5.41, 5.74) is 2.77. The summed E-state index contributed by atoms with van der Waals surface area (Å²) in [6, 6.07) is 10.4. The zero-order valence-electron chi connectivity index (χ0n) is 13.7. The van der Waals surface area contributed by atoms with Crippen molar-refractivity contribution in [1.29, 1.82) is 0 Å². The van der Waals surface area contributed by atoms with Gasteiger partial charge in [-0.05, 0) is 41.5 Å². The van der Waals surface area contributed by atoms with E-state index >= 15 is 0 Å². The number of fused-ring (bicyclic) bond motifs is 3. The smallest absolute Gasteiger partial charge is 0.537 e. The highest BCUT2D eigenvalue weighted by Gasteiger charge is 2.28. The molecule has 121 valence electrons. The molecule has 0 aliphatic heterocycles. The molecule has 1 amide bonds. The molecule has 2 aromatic carbocycles. The molecule has 3 rings (SSSR count). The van der Waals surface area contributed by atoms with Gasteiger partial charge in [0.2, 0.25) is 5.91 Å². The highest BCUT2D eigenvalue weighted by molar-refractivity contribution is 6.22. The van der Waals surface area contributed by atoms with Crippen molar-refractivity contribution in [2.75, 3.05) is 5.32 Å². The number of carbonyl (C=O) groups is 2. The van der Waals surface area contributed by atoms with Gasteiger partial charge in [-0.25, -0.2) is 0 Å². The van der Waals surface area contributed by atoms with E-state index in [1.807, 2.05) is 26.8 Å². The van der Waals surface area contributed by atoms with Gasteiger partial charge in [0.05, 0.1) is 0 Å². The van der Waals surface area contributed by atoms with Gasteiger partial charge in [-0.3, -0.25) is 9.59 Å². The number of benzene rings is 2. The van der Waals surface area contributed by atoms with Crippen molar-refractivity contribution in [2.24, 2.45) is 5.41 Å². The van der Waals surface area contributed by atoms with Gasteiger partial charge < -0.3 is 15.0 Å². The van der Waals surface area contributed by atoms with E-state index in [1.165, 1.54) is 0 Å². The molecule has 24 heavy (non-hydrogen) atoms. The van der Waals surface area contributed by atoms with Gasteiger partial charge in [0.25, 0.3) is 0 Å². The normalized spacial score (nSPS) is 12.4. The fourth-order valence-electron chi connectivity index (χ4n) is 2.59. The second-order valence-corrected chi connectivity index (χ2v) is 6.72. The second kappa shape index (κ2) is 5.80. The molecule has 0 spiro atoms. The van der Waals surface area contributed by atoms with Crippen molar-refractivity contribution in [3.05, 3.63) is 47.5 Å². The molecule has 6 heteroatoms. The number of hydrogen-bond acceptors (Lipinski definition) is 4. The minimum absolute atomic E-state index is 0.112. The van der Waals surface area contributed by atoms with Crippen LogP contribution in [0.1, 0.15) is 36.7 Å². The van der Waals surface area contributed by atoms with Crippen LogP contribution in [0, 0.1) is 5.41 Å². The van der Waals surface area contributed by atoms with E-state index in [2.05, 4.69) is 5.32 Å². The Bertz CT molecular complexity index is 839. The molecule has 0 saturated carbocycles. The predicted octanol–water partition coefficient (Wildman–Crippen LogP) is 2.79. The molecule has 0 fully saturated rings. The number of hydrogen-bond donors (Lipinski definition) is 2. The molecule has 5 nitrogen and oxygen atoms in total. The highest BCUT2D eigenvalue weighted by Crippen LogP contribution is 2.39. The summed E-state index contributed by atoms with van der Waals surface area (Å²) in [6.07, 6.45) is 0. The van der Waals surface area contributed by atoms with Gasteiger partial charge in [0.1, 0.15) is 5.75 Å². The lowest BCUT2D eigenvalue weighted by Crippen LogP contribution is -2.27. The summed E-state index contributed by atoms with van der Waals surface area (Å²) in [5.74, 6) is 0.147. The molecule has 0 unspecified atom stereocenters. The molecule has 1 radical (unpaired) electrons. The standard InChI is InChI=1S/C18H17BNO4/c1-18(2,3)17(22)20-10-4-6-12-13-7-5-11(24-19-23)9-15(13)16(21)14(12)8-10/h4-9,23H,1-3H3,(H,20,22). The maximum Gasteiger partial charge on any atom is 0.569 e. The summed E-state index contributed by atoms with van der Waals surface area (Å²) in [6.45, 7) is 5.49. The molecular formula is C18H17BNO4. The zero-order chi connectivity index (χ0) is 17.5. The SMILES string of the molecule is CC(C)(C)C(=O)Nc1ccc2c(c1)C(=O)c1cc(O[B]O)ccc1-2. The summed E-state index contributed by atoms with van der Waals surface area (Å²) in [5, 5.41) is 11.6. The van der Waals surface area contributed by atoms with Crippen LogP contribution in [-0.4, -0.2) is 24.4 Å². The van der Waals surface area contributed by atoms with Crippen molar-refractivity contribution in [1.82, 2.24) is 0 Å². The third-order valence-corrected chi connectivity index (χ3v) is 3.92. The fraction of sp³-hybridized carbons (Fsp3) is 0.222. The van der Waals surface area contributed by atoms with E-state index in [9.17, 15) is 9.59 Å². The molecule has 0 aromatic heterocycles. The van der Waals surface area contributed by atoms with Crippen LogP contribution in [0.4, 0.5) is 5.69 Å². The molecule has 0 heterocycles. The van der Waals surface area contributed by atoms with Gasteiger partial charge in [-0.2, -0.15) is 0 Å². The van der Waals surface area contributed by atoms with E-state index in [0.29, 0.717) is 30.2 Å². The van der Waals surface area contributed by atoms with E-state index in [0.717, 1.165) is 11.1 Å². The van der Waals surface area contributed by atoms with E-state index in [4.69, 9.17) is 9.68 Å². The second-order valence-electron chi connectivity index (χ2n) is 6.72. The van der Waals surface area contributed by atoms with Crippen LogP contribution in [0.2, 0.25) is 0 Å². The lowest BCUT2D eigenvalue weighted by molar-refractivity contribution is -0.123. The first-order chi connectivity index (χ1) is 11.3. The molecular weight excluding hydrogens is 305 g/mol. The Labute approximate surface area is 141 Å². The Morgan fingerprint density at radius 2 is 1.67 bits per heavy atom. The van der Waals surface area contributed by atoms with Crippen molar-refractivity contribution in [2.45, 2.75) is 20.8 Å². The zero-order valence-corrected chi connectivity index (χ0v) is 13.7. The van der Waals surface area contributed by atoms with Crippen molar-refractivity contribution >= 4 is 25.1 Å². The number of rotatable bonds is 3. The third kappa shape index (κ3) is 2.81. The van der Waals surface area contributed by atoms with Crippen LogP contribution in [0.3, 0.4) is 0 Å². The Kier molecular flexibility index (Phi) is 3.93. The summed E-state index contributed by atoms with van der Waals surface area (Å²) >= 11 is 0. The largest absolute Gasteiger partial charge is 0.569 e. The molecule has 0 bridgehead atoms. The van der Waals surface area contributed by atoms with Gasteiger partial charge >= 0.3 is 7.69 Å². The Morgan fingerprint density at radius 3 is 2.29 bits per heavy atom. The minimum atomic E-state index is -0.515. The van der Waals surface area contributed by atoms with Crippen molar-refractivity contribution in [3.8, 4) is 16.9 Å². The Balaban J connectivity index is 1.95. The topological polar surface area (TPSA) is 75.6 Å². The maximum absolute atomic E-state index is 12.6. The summed E-state index contributed by atoms with van der Waals surface area (Å²) in [7, 11) is 0.578. The van der Waals surface area contributed by atoms with Crippen LogP contribution < -0.4 is 9.97 Å². The quantitative estimate of drug-likeness (QED) is 0.727. The molecule has 2 aromatic rings. The minimum Gasteiger partial charge on any atom is -0.537 e. The average molecular weight is 322 g/mol. The van der Waals surface area contributed by atoms with Crippen LogP contribution >= 0.6 is 0 Å². The van der Waals surface area contributed by atoms with Crippen LogP contribution in [0.5, 0.6) is 5.75 Å². The number of ketones is 1. The number of amides is 1. The predicted molar refractivity (Wildman–Crippen MR) is 92.0 cm³/mol. The van der Waals surface area contributed by atoms with Gasteiger partial charge in [0.15, 0.2) is 5.78 Å². The maximum atomic E-state index is 12.6. The third-order valence-electron chi connectivity index (χ3n) is 3.92. The molecule has 2 N–H and O–H groups in total. The Morgan fingerprint density at radius 1 is 1.04 bits per heavy atom. The first kappa shape index (κ1) is 16.3. The first-order valence-corrected chi connectivity index (χ1v) is 7.58. The number of anilines is 1. The number of nitrogens with one attached hydrogen (secondary N) is 1. The van der Waals surface area contributed by atoms with Crippen LogP contribution in [0.15, 0.2) is 36.4 Å². The highest BCUT2D eigenvalue weighted by atomic mass is 16.5. The monoisotopic (exact) mass is 322 g/mol. The van der Waals surface area contributed by atoms with Gasteiger partial charge in [-0.1, -0.05) is 26.8 Å². The van der Waals surface area contributed by atoms with Gasteiger partial charge in [0, 0.05) is 22.2 Å². The van der Waals surface area contributed by atoms with Crippen molar-refractivity contribution in [3.63, 3.8) is 0 Å². The number of carbonyl (C=O) groups excluding carboxylic acids is 2. The van der Waals surface area contributed by atoms with Crippen LogP contribution in [-0.2, 0) is 4.79 Å². The molecule has 0 atom stereocenters. The lowest BCUT2D eigenvalue weighted by atomic mass is 9.95. The van der Waals surface area contributed by atoms with E-state index < -0.39 is 5.41 Å². The molecule has 0 saturated heterocycles. The van der Waals surface area contributed by atoms with E-state index in [-0.39, 0.29) is 11.7 Å². The van der Waals surface area contributed by atoms with Crippen molar-refractivity contribution < 1.29 is 19.3 Å².